The number of thiazole rings is 1. The third kappa shape index (κ3) is 4.81. The number of methoxy groups -OCH3 is 1. The van der Waals surface area contributed by atoms with Gasteiger partial charge in [0.25, 0.3) is 0 Å². The van der Waals surface area contributed by atoms with Gasteiger partial charge in [0.2, 0.25) is 0 Å². The quantitative estimate of drug-likeness (QED) is 0.699. The lowest BCUT2D eigenvalue weighted by Crippen LogP contribution is -2.30. The number of amides is 2. The number of carbonyl (C=O) groups is 1. The Balaban J connectivity index is 1.53. The van der Waals surface area contributed by atoms with E-state index >= 15 is 0 Å². The molecule has 5 nitrogen and oxygen atoms in total. The molecule has 3 aromatic rings. The zero-order valence-corrected chi connectivity index (χ0v) is 14.7. The highest BCUT2D eigenvalue weighted by atomic mass is 32.1. The fourth-order valence-electron chi connectivity index (χ4n) is 2.35. The SMILES string of the molecule is COc1cccc(-c2csc(NC(=O)NCCc3ccccc3)n2)c1. The zero-order chi connectivity index (χ0) is 17.5. The van der Waals surface area contributed by atoms with Gasteiger partial charge in [-0.05, 0) is 24.1 Å². The molecule has 0 aliphatic rings. The van der Waals surface area contributed by atoms with Crippen LogP contribution in [0.25, 0.3) is 11.3 Å². The van der Waals surface area contributed by atoms with Crippen molar-refractivity contribution in [1.82, 2.24) is 10.3 Å². The van der Waals surface area contributed by atoms with Crippen LogP contribution in [0.1, 0.15) is 5.56 Å². The van der Waals surface area contributed by atoms with E-state index in [-0.39, 0.29) is 6.03 Å². The molecule has 0 atom stereocenters. The molecule has 128 valence electrons. The van der Waals surface area contributed by atoms with Crippen LogP contribution < -0.4 is 15.4 Å². The Labute approximate surface area is 150 Å². The monoisotopic (exact) mass is 353 g/mol. The maximum atomic E-state index is 12.0. The van der Waals surface area contributed by atoms with E-state index in [4.69, 9.17) is 4.74 Å². The molecule has 1 aromatic heterocycles. The second kappa shape index (κ2) is 8.30. The van der Waals surface area contributed by atoms with Crippen LogP contribution in [0.4, 0.5) is 9.93 Å². The maximum Gasteiger partial charge on any atom is 0.321 e. The molecule has 2 N–H and O–H groups in total. The Kier molecular flexibility index (Phi) is 5.64. The molecule has 0 bridgehead atoms. The van der Waals surface area contributed by atoms with E-state index < -0.39 is 0 Å². The Morgan fingerprint density at radius 3 is 2.80 bits per heavy atom. The molecule has 0 aliphatic carbocycles. The number of benzene rings is 2. The highest BCUT2D eigenvalue weighted by Gasteiger charge is 2.08. The van der Waals surface area contributed by atoms with Gasteiger partial charge in [0.05, 0.1) is 12.8 Å². The summed E-state index contributed by atoms with van der Waals surface area (Å²) in [6.45, 7) is 0.573. The van der Waals surface area contributed by atoms with Gasteiger partial charge in [-0.15, -0.1) is 11.3 Å². The number of carbonyl (C=O) groups excluding carboxylic acids is 1. The summed E-state index contributed by atoms with van der Waals surface area (Å²) < 4.78 is 5.22. The highest BCUT2D eigenvalue weighted by molar-refractivity contribution is 7.14. The minimum Gasteiger partial charge on any atom is -0.497 e. The first-order valence-corrected chi connectivity index (χ1v) is 8.81. The third-order valence-corrected chi connectivity index (χ3v) is 4.39. The summed E-state index contributed by atoms with van der Waals surface area (Å²) >= 11 is 1.39. The second-order valence-electron chi connectivity index (χ2n) is 5.39. The normalized spacial score (nSPS) is 10.3. The molecule has 2 amide bonds. The number of hydrogen-bond acceptors (Lipinski definition) is 4. The molecule has 0 unspecified atom stereocenters. The van der Waals surface area contributed by atoms with Crippen molar-refractivity contribution in [3.63, 3.8) is 0 Å². The predicted octanol–water partition coefficient (Wildman–Crippen LogP) is 4.18. The lowest BCUT2D eigenvalue weighted by molar-refractivity contribution is 0.252. The summed E-state index contributed by atoms with van der Waals surface area (Å²) in [5.74, 6) is 0.777. The van der Waals surface area contributed by atoms with Crippen molar-refractivity contribution in [2.75, 3.05) is 19.0 Å². The Morgan fingerprint density at radius 2 is 2.00 bits per heavy atom. The van der Waals surface area contributed by atoms with Gasteiger partial charge in [0.1, 0.15) is 5.75 Å². The van der Waals surface area contributed by atoms with Crippen molar-refractivity contribution in [3.8, 4) is 17.0 Å². The first-order chi connectivity index (χ1) is 12.2. The van der Waals surface area contributed by atoms with Gasteiger partial charge in [0.15, 0.2) is 5.13 Å². The number of rotatable bonds is 6. The van der Waals surface area contributed by atoms with Crippen molar-refractivity contribution < 1.29 is 9.53 Å². The molecule has 0 saturated heterocycles. The Bertz CT molecular complexity index is 833. The molecular weight excluding hydrogens is 334 g/mol. The van der Waals surface area contributed by atoms with Gasteiger partial charge in [-0.25, -0.2) is 9.78 Å². The minimum absolute atomic E-state index is 0.248. The van der Waals surface area contributed by atoms with Gasteiger partial charge in [0, 0.05) is 17.5 Å². The summed E-state index contributed by atoms with van der Waals surface area (Å²) in [7, 11) is 1.63. The van der Waals surface area contributed by atoms with Crippen molar-refractivity contribution in [1.29, 1.82) is 0 Å². The average molecular weight is 353 g/mol. The van der Waals surface area contributed by atoms with Crippen LogP contribution in [0.15, 0.2) is 60.0 Å². The number of urea groups is 1. The highest BCUT2D eigenvalue weighted by Crippen LogP contribution is 2.27. The molecule has 0 aliphatic heterocycles. The van der Waals surface area contributed by atoms with E-state index in [1.807, 2.05) is 60.0 Å². The van der Waals surface area contributed by atoms with Gasteiger partial charge >= 0.3 is 6.03 Å². The molecule has 0 spiro atoms. The lowest BCUT2D eigenvalue weighted by atomic mass is 10.1. The second-order valence-corrected chi connectivity index (χ2v) is 6.24. The van der Waals surface area contributed by atoms with Gasteiger partial charge in [-0.1, -0.05) is 42.5 Å². The largest absolute Gasteiger partial charge is 0.497 e. The van der Waals surface area contributed by atoms with E-state index in [1.54, 1.807) is 7.11 Å². The first kappa shape index (κ1) is 17.0. The van der Waals surface area contributed by atoms with Gasteiger partial charge in [-0.3, -0.25) is 5.32 Å². The van der Waals surface area contributed by atoms with E-state index in [0.717, 1.165) is 23.4 Å². The molecule has 3 rings (SSSR count). The van der Waals surface area contributed by atoms with Crippen LogP contribution in [0.5, 0.6) is 5.75 Å². The van der Waals surface area contributed by atoms with E-state index in [2.05, 4.69) is 15.6 Å². The summed E-state index contributed by atoms with van der Waals surface area (Å²) in [5, 5.41) is 8.09. The topological polar surface area (TPSA) is 63.2 Å². The van der Waals surface area contributed by atoms with E-state index in [9.17, 15) is 4.79 Å². The number of ether oxygens (including phenoxy) is 1. The summed E-state index contributed by atoms with van der Waals surface area (Å²) in [6, 6.07) is 17.5. The predicted molar refractivity (Wildman–Crippen MR) is 101 cm³/mol. The molecule has 25 heavy (non-hydrogen) atoms. The number of nitrogens with one attached hydrogen (secondary N) is 2. The summed E-state index contributed by atoms with van der Waals surface area (Å²) in [6.07, 6.45) is 0.793. The van der Waals surface area contributed by atoms with Crippen LogP contribution in [0, 0.1) is 0 Å². The zero-order valence-electron chi connectivity index (χ0n) is 13.9. The summed E-state index contributed by atoms with van der Waals surface area (Å²) in [4.78, 5) is 16.4. The van der Waals surface area contributed by atoms with Crippen molar-refractivity contribution in [3.05, 3.63) is 65.5 Å². The molecule has 0 saturated carbocycles. The third-order valence-electron chi connectivity index (χ3n) is 3.63. The fourth-order valence-corrected chi connectivity index (χ4v) is 3.07. The van der Waals surface area contributed by atoms with Gasteiger partial charge in [-0.2, -0.15) is 0 Å². The van der Waals surface area contributed by atoms with E-state index in [1.165, 1.54) is 16.9 Å². The average Bonchev–Trinajstić information content (AvgIpc) is 3.11. The standard InChI is InChI=1S/C19H19N3O2S/c1-24-16-9-5-8-15(12-16)17-13-25-19(21-17)22-18(23)20-11-10-14-6-3-2-4-7-14/h2-9,12-13H,10-11H2,1H3,(H2,20,21,22,23). The van der Waals surface area contributed by atoms with Crippen molar-refractivity contribution >= 4 is 22.5 Å². The molecular formula is C19H19N3O2S. The molecule has 6 heteroatoms. The number of anilines is 1. The van der Waals surface area contributed by atoms with Gasteiger partial charge < -0.3 is 10.1 Å². The molecule has 1 heterocycles. The first-order valence-electron chi connectivity index (χ1n) is 7.93. The van der Waals surface area contributed by atoms with Crippen LogP contribution >= 0.6 is 11.3 Å². The molecule has 0 radical (unpaired) electrons. The molecule has 2 aromatic carbocycles. The van der Waals surface area contributed by atoms with E-state index in [0.29, 0.717) is 11.7 Å². The van der Waals surface area contributed by atoms with Crippen LogP contribution in [0.3, 0.4) is 0 Å². The van der Waals surface area contributed by atoms with Crippen LogP contribution in [-0.2, 0) is 6.42 Å². The van der Waals surface area contributed by atoms with Crippen LogP contribution in [0.2, 0.25) is 0 Å². The molecule has 0 fully saturated rings. The van der Waals surface area contributed by atoms with Crippen LogP contribution in [-0.4, -0.2) is 24.7 Å². The maximum absolute atomic E-state index is 12.0. The number of nitrogens with zero attached hydrogens (tertiary/aromatic N) is 1. The Hall–Kier alpha value is -2.86. The van der Waals surface area contributed by atoms with Crippen molar-refractivity contribution in [2.45, 2.75) is 6.42 Å². The number of aromatic nitrogens is 1. The Morgan fingerprint density at radius 1 is 1.16 bits per heavy atom. The smallest absolute Gasteiger partial charge is 0.321 e. The fraction of sp³-hybridized carbons (Fsp3) is 0.158. The number of hydrogen-bond donors (Lipinski definition) is 2. The minimum atomic E-state index is -0.248. The lowest BCUT2D eigenvalue weighted by Gasteiger charge is -2.05. The summed E-state index contributed by atoms with van der Waals surface area (Å²) in [5.41, 5.74) is 2.95. The van der Waals surface area contributed by atoms with Crippen molar-refractivity contribution in [2.24, 2.45) is 0 Å².